The third-order valence-electron chi connectivity index (χ3n) is 4.66. The average Bonchev–Trinajstić information content (AvgIpc) is 3.17. The number of carbonyl (C=O) groups excluding carboxylic acids is 1. The highest BCUT2D eigenvalue weighted by Crippen LogP contribution is 2.28. The fourth-order valence-corrected chi connectivity index (χ4v) is 5.46. The van der Waals surface area contributed by atoms with Crippen LogP contribution < -0.4 is 5.32 Å². The predicted octanol–water partition coefficient (Wildman–Crippen LogP) is 3.45. The van der Waals surface area contributed by atoms with Crippen molar-refractivity contribution >= 4 is 33.1 Å². The van der Waals surface area contributed by atoms with E-state index >= 15 is 0 Å². The van der Waals surface area contributed by atoms with Gasteiger partial charge in [0.15, 0.2) is 0 Å². The van der Waals surface area contributed by atoms with Crippen LogP contribution in [0.25, 0.3) is 0 Å². The molecule has 3 aromatic rings. The number of hydrogen-bond acceptors (Lipinski definition) is 5. The van der Waals surface area contributed by atoms with Crippen LogP contribution in [0, 0.1) is 6.92 Å². The SMILES string of the molecule is Cc1ccc(NC(=O)c2cccc(S(=O)(=O)N3CCc4sccc4C3)c2)nc1. The van der Waals surface area contributed by atoms with Crippen molar-refractivity contribution in [1.82, 2.24) is 9.29 Å². The van der Waals surface area contributed by atoms with Gasteiger partial charge in [-0.2, -0.15) is 4.31 Å². The number of amides is 1. The molecule has 0 saturated heterocycles. The van der Waals surface area contributed by atoms with Gasteiger partial charge < -0.3 is 5.32 Å². The Kier molecular flexibility index (Phi) is 5.01. The molecule has 1 amide bonds. The van der Waals surface area contributed by atoms with Crippen LogP contribution in [0.4, 0.5) is 5.82 Å². The summed E-state index contributed by atoms with van der Waals surface area (Å²) in [5.41, 5.74) is 2.32. The summed E-state index contributed by atoms with van der Waals surface area (Å²) in [7, 11) is -3.67. The van der Waals surface area contributed by atoms with E-state index in [9.17, 15) is 13.2 Å². The van der Waals surface area contributed by atoms with Crippen molar-refractivity contribution in [2.24, 2.45) is 0 Å². The number of aromatic nitrogens is 1. The minimum atomic E-state index is -3.67. The number of pyridine rings is 1. The van der Waals surface area contributed by atoms with E-state index in [1.165, 1.54) is 21.3 Å². The Balaban J connectivity index is 1.56. The topological polar surface area (TPSA) is 79.4 Å². The zero-order valence-corrected chi connectivity index (χ0v) is 16.9. The van der Waals surface area contributed by atoms with Gasteiger partial charge in [-0.05, 0) is 60.2 Å². The van der Waals surface area contributed by atoms with E-state index in [1.807, 2.05) is 24.4 Å². The molecule has 1 N–H and O–H groups in total. The van der Waals surface area contributed by atoms with E-state index in [2.05, 4.69) is 10.3 Å². The molecule has 1 aliphatic rings. The Labute approximate surface area is 167 Å². The van der Waals surface area contributed by atoms with Crippen LogP contribution in [0.1, 0.15) is 26.4 Å². The smallest absolute Gasteiger partial charge is 0.256 e. The van der Waals surface area contributed by atoms with Crippen molar-refractivity contribution in [2.75, 3.05) is 11.9 Å². The highest BCUT2D eigenvalue weighted by molar-refractivity contribution is 7.89. The van der Waals surface area contributed by atoms with Gasteiger partial charge in [0.2, 0.25) is 10.0 Å². The number of anilines is 1. The van der Waals surface area contributed by atoms with E-state index in [0.29, 0.717) is 25.3 Å². The monoisotopic (exact) mass is 413 g/mol. The number of fused-ring (bicyclic) bond motifs is 1. The molecule has 0 spiro atoms. The molecule has 8 heteroatoms. The maximum atomic E-state index is 13.1. The highest BCUT2D eigenvalue weighted by Gasteiger charge is 2.29. The zero-order chi connectivity index (χ0) is 19.7. The molecule has 0 atom stereocenters. The summed E-state index contributed by atoms with van der Waals surface area (Å²) in [6.45, 7) is 2.72. The van der Waals surface area contributed by atoms with Crippen LogP contribution in [-0.2, 0) is 23.0 Å². The van der Waals surface area contributed by atoms with Gasteiger partial charge in [-0.3, -0.25) is 4.79 Å². The summed E-state index contributed by atoms with van der Waals surface area (Å²) in [5, 5.41) is 4.69. The number of benzene rings is 1. The van der Waals surface area contributed by atoms with Crippen LogP contribution in [0.2, 0.25) is 0 Å². The Morgan fingerprint density at radius 3 is 2.86 bits per heavy atom. The number of aryl methyl sites for hydroxylation is 1. The molecule has 1 aromatic carbocycles. The molecule has 0 bridgehead atoms. The molecule has 0 fully saturated rings. The molecule has 4 rings (SSSR count). The van der Waals surface area contributed by atoms with Gasteiger partial charge in [-0.25, -0.2) is 13.4 Å². The van der Waals surface area contributed by atoms with Gasteiger partial charge in [-0.1, -0.05) is 12.1 Å². The quantitative estimate of drug-likeness (QED) is 0.710. The van der Waals surface area contributed by atoms with Crippen molar-refractivity contribution in [3.8, 4) is 0 Å². The lowest BCUT2D eigenvalue weighted by Crippen LogP contribution is -2.35. The van der Waals surface area contributed by atoms with Gasteiger partial charge in [0, 0.05) is 29.7 Å². The van der Waals surface area contributed by atoms with Gasteiger partial charge in [-0.15, -0.1) is 11.3 Å². The lowest BCUT2D eigenvalue weighted by atomic mass is 10.1. The average molecular weight is 414 g/mol. The minimum absolute atomic E-state index is 0.121. The molecule has 2 aromatic heterocycles. The number of carbonyl (C=O) groups is 1. The number of nitrogens with one attached hydrogen (secondary N) is 1. The molecule has 144 valence electrons. The Morgan fingerprint density at radius 1 is 1.21 bits per heavy atom. The summed E-state index contributed by atoms with van der Waals surface area (Å²) in [6, 6.07) is 11.7. The van der Waals surface area contributed by atoms with Crippen LogP contribution in [0.3, 0.4) is 0 Å². The third kappa shape index (κ3) is 3.71. The lowest BCUT2D eigenvalue weighted by molar-refractivity contribution is 0.102. The van der Waals surface area contributed by atoms with Crippen LogP contribution in [0.5, 0.6) is 0 Å². The molecule has 3 heterocycles. The second kappa shape index (κ2) is 7.46. The van der Waals surface area contributed by atoms with Crippen molar-refractivity contribution in [3.05, 3.63) is 75.6 Å². The molecule has 6 nitrogen and oxygen atoms in total. The summed E-state index contributed by atoms with van der Waals surface area (Å²) < 4.78 is 27.6. The summed E-state index contributed by atoms with van der Waals surface area (Å²) in [5.74, 6) is 0.0250. The molecule has 1 aliphatic heterocycles. The number of nitrogens with zero attached hydrogens (tertiary/aromatic N) is 2. The summed E-state index contributed by atoms with van der Waals surface area (Å²) >= 11 is 1.66. The third-order valence-corrected chi connectivity index (χ3v) is 7.52. The van der Waals surface area contributed by atoms with E-state index in [1.54, 1.807) is 35.7 Å². The predicted molar refractivity (Wildman–Crippen MR) is 109 cm³/mol. The highest BCUT2D eigenvalue weighted by atomic mass is 32.2. The first-order valence-corrected chi connectivity index (χ1v) is 11.1. The first kappa shape index (κ1) is 18.8. The molecule has 0 saturated carbocycles. The Morgan fingerprint density at radius 2 is 2.07 bits per heavy atom. The van der Waals surface area contributed by atoms with E-state index in [0.717, 1.165) is 11.1 Å². The fraction of sp³-hybridized carbons (Fsp3) is 0.200. The van der Waals surface area contributed by atoms with Crippen molar-refractivity contribution in [2.45, 2.75) is 24.8 Å². The van der Waals surface area contributed by atoms with E-state index < -0.39 is 15.9 Å². The van der Waals surface area contributed by atoms with E-state index in [4.69, 9.17) is 0 Å². The number of rotatable bonds is 4. The zero-order valence-electron chi connectivity index (χ0n) is 15.3. The molecule has 0 aliphatic carbocycles. The lowest BCUT2D eigenvalue weighted by Gasteiger charge is -2.26. The number of hydrogen-bond donors (Lipinski definition) is 1. The van der Waals surface area contributed by atoms with Crippen LogP contribution in [0.15, 0.2) is 58.9 Å². The summed E-state index contributed by atoms with van der Waals surface area (Å²) in [4.78, 5) is 18.0. The first-order chi connectivity index (χ1) is 13.4. The van der Waals surface area contributed by atoms with Crippen LogP contribution in [-0.4, -0.2) is 30.2 Å². The second-order valence-corrected chi connectivity index (χ2v) is 9.60. The second-order valence-electron chi connectivity index (χ2n) is 6.66. The summed E-state index contributed by atoms with van der Waals surface area (Å²) in [6.07, 6.45) is 2.37. The van der Waals surface area contributed by atoms with Crippen molar-refractivity contribution < 1.29 is 13.2 Å². The Hall–Kier alpha value is -2.55. The standard InChI is InChI=1S/C20H19N3O3S2/c1-14-5-6-19(21-12-14)22-20(24)15-3-2-4-17(11-15)28(25,26)23-9-7-18-16(13-23)8-10-27-18/h2-6,8,10-12H,7,9,13H2,1H3,(H,21,22,24). The molecular formula is C20H19N3O3S2. The van der Waals surface area contributed by atoms with Gasteiger partial charge in [0.25, 0.3) is 5.91 Å². The molecular weight excluding hydrogens is 394 g/mol. The molecule has 0 radical (unpaired) electrons. The molecule has 0 unspecified atom stereocenters. The Bertz CT molecular complexity index is 1120. The van der Waals surface area contributed by atoms with Gasteiger partial charge in [0.1, 0.15) is 5.82 Å². The van der Waals surface area contributed by atoms with E-state index in [-0.39, 0.29) is 10.5 Å². The number of thiophene rings is 1. The van der Waals surface area contributed by atoms with Crippen molar-refractivity contribution in [1.29, 1.82) is 0 Å². The first-order valence-electron chi connectivity index (χ1n) is 8.83. The van der Waals surface area contributed by atoms with Crippen LogP contribution >= 0.6 is 11.3 Å². The normalized spacial score (nSPS) is 14.5. The fourth-order valence-electron chi connectivity index (χ4n) is 3.10. The molecule has 28 heavy (non-hydrogen) atoms. The van der Waals surface area contributed by atoms with Gasteiger partial charge >= 0.3 is 0 Å². The minimum Gasteiger partial charge on any atom is -0.307 e. The number of sulfonamides is 1. The van der Waals surface area contributed by atoms with Gasteiger partial charge in [0.05, 0.1) is 4.90 Å². The largest absolute Gasteiger partial charge is 0.307 e. The van der Waals surface area contributed by atoms with Crippen molar-refractivity contribution in [3.63, 3.8) is 0 Å². The maximum absolute atomic E-state index is 13.1. The maximum Gasteiger partial charge on any atom is 0.256 e.